The average Bonchev–Trinajstić information content (AvgIpc) is 2.35. The Morgan fingerprint density at radius 1 is 1.35 bits per heavy atom. The van der Waals surface area contributed by atoms with Gasteiger partial charge in [0.15, 0.2) is 5.17 Å². The number of aliphatic imine (C=N–C) groups is 1. The molecule has 0 aliphatic carbocycles. The zero-order valence-corrected chi connectivity index (χ0v) is 12.2. The molecule has 0 saturated carbocycles. The minimum absolute atomic E-state index is 0.00208. The topological polar surface area (TPSA) is 24.4 Å². The highest BCUT2D eigenvalue weighted by atomic mass is 32.2. The van der Waals surface area contributed by atoms with E-state index < -0.39 is 11.7 Å². The summed E-state index contributed by atoms with van der Waals surface area (Å²) in [6.45, 7) is 4.44. The van der Waals surface area contributed by atoms with Crippen LogP contribution in [0.1, 0.15) is 31.4 Å². The molecule has 0 unspecified atom stereocenters. The highest BCUT2D eigenvalue weighted by molar-refractivity contribution is 8.13. The summed E-state index contributed by atoms with van der Waals surface area (Å²) in [6, 6.07) is 5.32. The molecule has 2 rings (SSSR count). The fourth-order valence-electron chi connectivity index (χ4n) is 1.89. The lowest BCUT2D eigenvalue weighted by Gasteiger charge is -2.32. The molecule has 1 aliphatic rings. The van der Waals surface area contributed by atoms with Crippen LogP contribution < -0.4 is 5.32 Å². The van der Waals surface area contributed by atoms with Crippen molar-refractivity contribution < 1.29 is 13.2 Å². The van der Waals surface area contributed by atoms with E-state index in [0.29, 0.717) is 5.56 Å². The highest BCUT2D eigenvalue weighted by Crippen LogP contribution is 2.29. The number of benzene rings is 1. The van der Waals surface area contributed by atoms with Crippen molar-refractivity contribution in [2.24, 2.45) is 4.99 Å². The van der Waals surface area contributed by atoms with Crippen LogP contribution >= 0.6 is 11.8 Å². The van der Waals surface area contributed by atoms with Gasteiger partial charge in [-0.25, -0.2) is 0 Å². The molecular formula is C14H17F3N2S. The van der Waals surface area contributed by atoms with E-state index in [4.69, 9.17) is 0 Å². The van der Waals surface area contributed by atoms with Gasteiger partial charge in [0, 0.05) is 11.3 Å². The Kier molecular flexibility index (Phi) is 4.32. The first-order valence-electron chi connectivity index (χ1n) is 6.38. The second-order valence-corrected chi connectivity index (χ2v) is 6.51. The summed E-state index contributed by atoms with van der Waals surface area (Å²) in [6.07, 6.45) is -3.26. The zero-order chi connectivity index (χ0) is 14.8. The van der Waals surface area contributed by atoms with Crippen LogP contribution in [-0.2, 0) is 12.7 Å². The molecule has 0 aromatic heterocycles. The predicted octanol–water partition coefficient (Wildman–Crippen LogP) is 4.07. The Labute approximate surface area is 120 Å². The van der Waals surface area contributed by atoms with Crippen LogP contribution in [0.3, 0.4) is 0 Å². The molecule has 20 heavy (non-hydrogen) atoms. The van der Waals surface area contributed by atoms with Crippen molar-refractivity contribution in [3.8, 4) is 0 Å². The van der Waals surface area contributed by atoms with E-state index in [9.17, 15) is 13.2 Å². The third-order valence-electron chi connectivity index (χ3n) is 3.07. The van der Waals surface area contributed by atoms with E-state index in [1.54, 1.807) is 17.8 Å². The normalized spacial score (nSPS) is 20.8. The summed E-state index contributed by atoms with van der Waals surface area (Å²) in [5.41, 5.74) is -0.0596. The average molecular weight is 302 g/mol. The number of hydrogen-bond acceptors (Lipinski definition) is 2. The summed E-state index contributed by atoms with van der Waals surface area (Å²) >= 11 is 1.61. The van der Waals surface area contributed by atoms with E-state index in [1.165, 1.54) is 6.07 Å². The molecule has 0 bridgehead atoms. The highest BCUT2D eigenvalue weighted by Gasteiger charge is 2.30. The monoisotopic (exact) mass is 302 g/mol. The molecule has 1 aliphatic heterocycles. The van der Waals surface area contributed by atoms with Crippen molar-refractivity contribution in [2.45, 2.75) is 38.5 Å². The smallest absolute Gasteiger partial charge is 0.360 e. The van der Waals surface area contributed by atoms with Crippen LogP contribution in [0.5, 0.6) is 0 Å². The number of nitrogens with zero attached hydrogens (tertiary/aromatic N) is 1. The molecule has 0 spiro atoms. The molecule has 6 heteroatoms. The van der Waals surface area contributed by atoms with Crippen molar-refractivity contribution in [3.63, 3.8) is 0 Å². The maximum absolute atomic E-state index is 12.6. The molecule has 0 amide bonds. The Morgan fingerprint density at radius 2 is 2.10 bits per heavy atom. The number of amidine groups is 1. The number of hydrogen-bond donors (Lipinski definition) is 1. The molecular weight excluding hydrogens is 285 g/mol. The Balaban J connectivity index is 2.07. The lowest BCUT2D eigenvalue weighted by atomic mass is 10.0. The molecule has 1 N–H and O–H groups in total. The summed E-state index contributed by atoms with van der Waals surface area (Å²) < 4.78 is 37.8. The van der Waals surface area contributed by atoms with Crippen LogP contribution in [0.4, 0.5) is 13.2 Å². The minimum atomic E-state index is -4.30. The quantitative estimate of drug-likeness (QED) is 0.890. The molecule has 1 saturated heterocycles. The van der Waals surface area contributed by atoms with Crippen LogP contribution in [0, 0.1) is 0 Å². The Hall–Kier alpha value is -1.17. The van der Waals surface area contributed by atoms with Crippen molar-refractivity contribution in [2.75, 3.05) is 5.75 Å². The third-order valence-corrected chi connectivity index (χ3v) is 3.98. The van der Waals surface area contributed by atoms with Gasteiger partial charge in [0.2, 0.25) is 0 Å². The molecule has 0 atom stereocenters. The summed E-state index contributed by atoms with van der Waals surface area (Å²) in [4.78, 5) is 4.37. The second kappa shape index (κ2) is 5.68. The minimum Gasteiger partial charge on any atom is -0.360 e. The first-order chi connectivity index (χ1) is 9.26. The van der Waals surface area contributed by atoms with E-state index in [0.717, 1.165) is 29.5 Å². The standard InChI is InChI=1S/C14H17F3N2S/c1-13(2)6-7-20-12(19-13)18-9-10-4-3-5-11(8-10)14(15,16)17/h3-5,8H,6-7,9H2,1-2H3,(H,18,19). The maximum Gasteiger partial charge on any atom is 0.416 e. The summed E-state index contributed by atoms with van der Waals surface area (Å²) in [5.74, 6) is 0.974. The van der Waals surface area contributed by atoms with Crippen LogP contribution in [0.15, 0.2) is 29.3 Å². The molecule has 110 valence electrons. The Morgan fingerprint density at radius 3 is 2.75 bits per heavy atom. The van der Waals surface area contributed by atoms with Gasteiger partial charge in [0.1, 0.15) is 0 Å². The summed E-state index contributed by atoms with van der Waals surface area (Å²) in [7, 11) is 0. The van der Waals surface area contributed by atoms with Gasteiger partial charge in [-0.2, -0.15) is 13.2 Å². The fraction of sp³-hybridized carbons (Fsp3) is 0.500. The molecule has 1 heterocycles. The first-order valence-corrected chi connectivity index (χ1v) is 7.36. The molecule has 0 radical (unpaired) electrons. The van der Waals surface area contributed by atoms with Gasteiger partial charge in [-0.1, -0.05) is 23.9 Å². The lowest BCUT2D eigenvalue weighted by Crippen LogP contribution is -2.46. The zero-order valence-electron chi connectivity index (χ0n) is 11.4. The number of alkyl halides is 3. The number of nitrogens with one attached hydrogen (secondary N) is 1. The van der Waals surface area contributed by atoms with Gasteiger partial charge in [-0.15, -0.1) is 0 Å². The Bertz CT molecular complexity index is 509. The van der Waals surface area contributed by atoms with Crippen molar-refractivity contribution in [1.29, 1.82) is 0 Å². The number of thioether (sulfide) groups is 1. The SMILES string of the molecule is CC1(C)CCSC(=NCc2cccc(C(F)(F)F)c2)N1. The van der Waals surface area contributed by atoms with E-state index in [2.05, 4.69) is 24.2 Å². The molecule has 2 nitrogen and oxygen atoms in total. The van der Waals surface area contributed by atoms with Crippen molar-refractivity contribution in [1.82, 2.24) is 5.32 Å². The van der Waals surface area contributed by atoms with Gasteiger partial charge >= 0.3 is 6.18 Å². The summed E-state index contributed by atoms with van der Waals surface area (Å²) in [5, 5.41) is 4.10. The van der Waals surface area contributed by atoms with Crippen LogP contribution in [0.25, 0.3) is 0 Å². The van der Waals surface area contributed by atoms with Gasteiger partial charge in [0.25, 0.3) is 0 Å². The second-order valence-electron chi connectivity index (χ2n) is 5.43. The first kappa shape index (κ1) is 15.2. The van der Waals surface area contributed by atoms with Gasteiger partial charge in [0.05, 0.1) is 12.1 Å². The molecule has 1 aromatic carbocycles. The van der Waals surface area contributed by atoms with Crippen LogP contribution in [-0.4, -0.2) is 16.5 Å². The molecule has 1 aromatic rings. The van der Waals surface area contributed by atoms with E-state index in [1.807, 2.05) is 0 Å². The predicted molar refractivity (Wildman–Crippen MR) is 76.9 cm³/mol. The largest absolute Gasteiger partial charge is 0.416 e. The number of rotatable bonds is 2. The van der Waals surface area contributed by atoms with Gasteiger partial charge in [-0.05, 0) is 38.0 Å². The molecule has 1 fully saturated rings. The fourth-order valence-corrected chi connectivity index (χ4v) is 3.20. The van der Waals surface area contributed by atoms with Gasteiger partial charge < -0.3 is 5.32 Å². The third kappa shape index (κ3) is 4.16. The lowest BCUT2D eigenvalue weighted by molar-refractivity contribution is -0.137. The van der Waals surface area contributed by atoms with Crippen LogP contribution in [0.2, 0.25) is 0 Å². The van der Waals surface area contributed by atoms with Crippen molar-refractivity contribution >= 4 is 16.9 Å². The van der Waals surface area contributed by atoms with E-state index >= 15 is 0 Å². The maximum atomic E-state index is 12.6. The van der Waals surface area contributed by atoms with Gasteiger partial charge in [-0.3, -0.25) is 4.99 Å². The van der Waals surface area contributed by atoms with Crippen molar-refractivity contribution in [3.05, 3.63) is 35.4 Å². The number of halogens is 3. The van der Waals surface area contributed by atoms with E-state index in [-0.39, 0.29) is 12.1 Å².